The highest BCUT2D eigenvalue weighted by atomic mass is 19.1. The van der Waals surface area contributed by atoms with Crippen LogP contribution in [0.2, 0.25) is 0 Å². The number of aromatic nitrogens is 3. The minimum Gasteiger partial charge on any atom is -0.357 e. The van der Waals surface area contributed by atoms with Crippen LogP contribution in [0.15, 0.2) is 29.1 Å². The zero-order valence-corrected chi connectivity index (χ0v) is 15.1. The van der Waals surface area contributed by atoms with E-state index in [9.17, 15) is 9.18 Å². The lowest BCUT2D eigenvalue weighted by Gasteiger charge is -2.32. The van der Waals surface area contributed by atoms with Crippen molar-refractivity contribution < 1.29 is 4.39 Å². The van der Waals surface area contributed by atoms with Gasteiger partial charge in [0.15, 0.2) is 0 Å². The van der Waals surface area contributed by atoms with E-state index in [4.69, 9.17) is 0 Å². The van der Waals surface area contributed by atoms with Crippen LogP contribution in [0.4, 0.5) is 4.39 Å². The van der Waals surface area contributed by atoms with Crippen molar-refractivity contribution in [2.75, 3.05) is 13.1 Å². The summed E-state index contributed by atoms with van der Waals surface area (Å²) >= 11 is 0. The fourth-order valence-electron chi connectivity index (χ4n) is 3.99. The maximum absolute atomic E-state index is 13.5. The maximum Gasteiger partial charge on any atom is 0.251 e. The topological polar surface area (TPSA) is 64.8 Å². The van der Waals surface area contributed by atoms with Gasteiger partial charge in [-0.2, -0.15) is 0 Å². The normalized spacial score (nSPS) is 18.5. The zero-order valence-electron chi connectivity index (χ0n) is 15.1. The van der Waals surface area contributed by atoms with Crippen molar-refractivity contribution in [3.8, 4) is 0 Å². The number of piperidine rings is 1. The van der Waals surface area contributed by atoms with E-state index in [-0.39, 0.29) is 17.3 Å². The molecular weight excluding hydrogens is 331 g/mol. The predicted molar refractivity (Wildman–Crippen MR) is 99.8 cm³/mol. The summed E-state index contributed by atoms with van der Waals surface area (Å²) in [5.74, 6) is 0.727. The highest BCUT2D eigenvalue weighted by Gasteiger charge is 2.24. The third-order valence-corrected chi connectivity index (χ3v) is 5.31. The summed E-state index contributed by atoms with van der Waals surface area (Å²) in [5.41, 5.74) is 4.00. The summed E-state index contributed by atoms with van der Waals surface area (Å²) in [5, 5.41) is 0.945. The summed E-state index contributed by atoms with van der Waals surface area (Å²) in [4.78, 5) is 24.8. The van der Waals surface area contributed by atoms with Gasteiger partial charge < -0.3 is 9.97 Å². The quantitative estimate of drug-likeness (QED) is 0.758. The Morgan fingerprint density at radius 1 is 1.27 bits per heavy atom. The van der Waals surface area contributed by atoms with E-state index in [0.29, 0.717) is 5.82 Å². The van der Waals surface area contributed by atoms with Gasteiger partial charge in [-0.3, -0.25) is 9.69 Å². The molecule has 26 heavy (non-hydrogen) atoms. The minimum absolute atomic E-state index is 0.0851. The van der Waals surface area contributed by atoms with Gasteiger partial charge in [-0.15, -0.1) is 0 Å². The van der Waals surface area contributed by atoms with Gasteiger partial charge in [-0.1, -0.05) is 0 Å². The Labute approximate surface area is 151 Å². The van der Waals surface area contributed by atoms with E-state index < -0.39 is 0 Å². The SMILES string of the molecule is Cc1nc([C@H]2CCCN(Cc3[nH]c4ccc(F)cc4c3C)C2)cc(=O)[nH]1. The lowest BCUT2D eigenvalue weighted by atomic mass is 9.94. The number of fused-ring (bicyclic) bond motifs is 1. The number of H-pyrrole nitrogens is 2. The molecule has 1 fully saturated rings. The van der Waals surface area contributed by atoms with Crippen LogP contribution in [0.5, 0.6) is 0 Å². The monoisotopic (exact) mass is 354 g/mol. The van der Waals surface area contributed by atoms with Gasteiger partial charge in [0, 0.05) is 41.7 Å². The lowest BCUT2D eigenvalue weighted by Crippen LogP contribution is -2.35. The molecule has 1 aliphatic rings. The number of halogens is 1. The molecule has 4 rings (SSSR count). The molecule has 1 atom stereocenters. The third kappa shape index (κ3) is 3.29. The van der Waals surface area contributed by atoms with Crippen LogP contribution in [-0.2, 0) is 6.54 Å². The average Bonchev–Trinajstić information content (AvgIpc) is 2.90. The highest BCUT2D eigenvalue weighted by molar-refractivity contribution is 5.84. The molecule has 136 valence electrons. The van der Waals surface area contributed by atoms with Gasteiger partial charge >= 0.3 is 0 Å². The molecule has 5 nitrogen and oxygen atoms in total. The van der Waals surface area contributed by atoms with Gasteiger partial charge in [-0.05, 0) is 57.0 Å². The Bertz CT molecular complexity index is 1010. The summed E-state index contributed by atoms with van der Waals surface area (Å²) < 4.78 is 13.5. The number of benzene rings is 1. The van der Waals surface area contributed by atoms with Crippen molar-refractivity contribution in [2.24, 2.45) is 0 Å². The van der Waals surface area contributed by atoms with Gasteiger partial charge in [0.2, 0.25) is 0 Å². The molecule has 0 aliphatic carbocycles. The molecule has 6 heteroatoms. The number of nitrogens with one attached hydrogen (secondary N) is 2. The molecule has 0 amide bonds. The molecule has 0 spiro atoms. The number of aryl methyl sites for hydroxylation is 2. The largest absolute Gasteiger partial charge is 0.357 e. The molecular formula is C20H23FN4O. The number of hydrogen-bond donors (Lipinski definition) is 2. The Kier molecular flexibility index (Phi) is 4.36. The molecule has 2 aromatic heterocycles. The molecule has 1 aliphatic heterocycles. The molecule has 2 N–H and O–H groups in total. The molecule has 0 radical (unpaired) electrons. The van der Waals surface area contributed by atoms with Crippen molar-refractivity contribution in [3.05, 3.63) is 63.2 Å². The van der Waals surface area contributed by atoms with Gasteiger partial charge in [0.1, 0.15) is 11.6 Å². The number of likely N-dealkylation sites (tertiary alicyclic amines) is 1. The van der Waals surface area contributed by atoms with E-state index in [2.05, 4.69) is 19.9 Å². The second kappa shape index (κ2) is 6.68. The minimum atomic E-state index is -0.208. The van der Waals surface area contributed by atoms with Crippen LogP contribution >= 0.6 is 0 Å². The lowest BCUT2D eigenvalue weighted by molar-refractivity contribution is 0.196. The van der Waals surface area contributed by atoms with Crippen LogP contribution in [0.25, 0.3) is 10.9 Å². The zero-order chi connectivity index (χ0) is 18.3. The highest BCUT2D eigenvalue weighted by Crippen LogP contribution is 2.28. The van der Waals surface area contributed by atoms with Crippen molar-refractivity contribution in [2.45, 2.75) is 39.2 Å². The summed E-state index contributed by atoms with van der Waals surface area (Å²) in [6.07, 6.45) is 2.12. The number of hydrogen-bond acceptors (Lipinski definition) is 3. The average molecular weight is 354 g/mol. The van der Waals surface area contributed by atoms with Crippen molar-refractivity contribution in [1.29, 1.82) is 0 Å². The molecule has 0 unspecified atom stereocenters. The number of aromatic amines is 2. The number of rotatable bonds is 3. The Hall–Kier alpha value is -2.47. The molecule has 3 heterocycles. The van der Waals surface area contributed by atoms with E-state index in [1.807, 2.05) is 13.8 Å². The smallest absolute Gasteiger partial charge is 0.251 e. The molecule has 1 aromatic carbocycles. The molecule has 1 saturated heterocycles. The maximum atomic E-state index is 13.5. The van der Waals surface area contributed by atoms with Gasteiger partial charge in [0.05, 0.1) is 5.69 Å². The standard InChI is InChI=1S/C20H23FN4O/c1-12-16-8-15(21)5-6-17(16)24-19(12)11-25-7-3-4-14(10-25)18-9-20(26)23-13(2)22-18/h5-6,8-9,14,24H,3-4,7,10-11H2,1-2H3,(H,22,23,26)/t14-/m0/s1. The van der Waals surface area contributed by atoms with Crippen LogP contribution in [0.3, 0.4) is 0 Å². The van der Waals surface area contributed by atoms with E-state index in [0.717, 1.165) is 60.3 Å². The first-order valence-corrected chi connectivity index (χ1v) is 9.06. The van der Waals surface area contributed by atoms with E-state index in [1.54, 1.807) is 18.2 Å². The van der Waals surface area contributed by atoms with Crippen LogP contribution in [-0.4, -0.2) is 32.9 Å². The van der Waals surface area contributed by atoms with E-state index >= 15 is 0 Å². The molecule has 0 bridgehead atoms. The Morgan fingerprint density at radius 3 is 2.92 bits per heavy atom. The predicted octanol–water partition coefficient (Wildman–Crippen LogP) is 3.39. The van der Waals surface area contributed by atoms with Crippen molar-refractivity contribution in [3.63, 3.8) is 0 Å². The van der Waals surface area contributed by atoms with E-state index in [1.165, 1.54) is 6.07 Å². The van der Waals surface area contributed by atoms with Crippen molar-refractivity contribution >= 4 is 10.9 Å². The summed E-state index contributed by atoms with van der Waals surface area (Å²) in [7, 11) is 0. The fourth-order valence-corrected chi connectivity index (χ4v) is 3.99. The summed E-state index contributed by atoms with van der Waals surface area (Å²) in [6, 6.07) is 6.49. The van der Waals surface area contributed by atoms with Crippen LogP contribution in [0, 0.1) is 19.7 Å². The molecule has 3 aromatic rings. The van der Waals surface area contributed by atoms with Crippen molar-refractivity contribution in [1.82, 2.24) is 19.9 Å². The second-order valence-electron chi connectivity index (χ2n) is 7.25. The first-order chi connectivity index (χ1) is 12.5. The first kappa shape index (κ1) is 17.0. The van der Waals surface area contributed by atoms with Crippen LogP contribution < -0.4 is 5.56 Å². The Balaban J connectivity index is 1.55. The fraction of sp³-hybridized carbons (Fsp3) is 0.400. The second-order valence-corrected chi connectivity index (χ2v) is 7.25. The first-order valence-electron chi connectivity index (χ1n) is 9.06. The van der Waals surface area contributed by atoms with Gasteiger partial charge in [-0.25, -0.2) is 9.37 Å². The van der Waals surface area contributed by atoms with Crippen LogP contribution in [0.1, 0.15) is 41.5 Å². The number of nitrogens with zero attached hydrogens (tertiary/aromatic N) is 2. The summed E-state index contributed by atoms with van der Waals surface area (Å²) in [6.45, 7) is 6.54. The van der Waals surface area contributed by atoms with Gasteiger partial charge in [0.25, 0.3) is 5.56 Å². The third-order valence-electron chi connectivity index (χ3n) is 5.31. The Morgan fingerprint density at radius 2 is 2.12 bits per heavy atom. The molecule has 0 saturated carbocycles.